The van der Waals surface area contributed by atoms with Crippen LogP contribution in [0.1, 0.15) is 2.85 Å². The van der Waals surface area contributed by atoms with Gasteiger partial charge in [-0.05, 0) is 0 Å². The molecule has 0 saturated carbocycles. The Labute approximate surface area is 60.3 Å². The molecular formula is CH3CaF3. The Balaban J connectivity index is -0.0000000150. The molecule has 0 radical (unpaired) electrons. The third-order valence-electron chi connectivity index (χ3n) is 0. The van der Waals surface area contributed by atoms with Crippen LogP contribution < -0.4 is 0 Å². The van der Waals surface area contributed by atoms with Crippen molar-refractivity contribution in [2.75, 3.05) is 0 Å². The van der Waals surface area contributed by atoms with E-state index in [4.69, 9.17) is 0 Å². The zero-order chi connectivity index (χ0) is 3.58. The molecule has 0 rings (SSSR count). The molecular weight excluding hydrogens is 109 g/mol. The second kappa shape index (κ2) is 5.05. The van der Waals surface area contributed by atoms with Crippen molar-refractivity contribution < 1.29 is 16.0 Å². The van der Waals surface area contributed by atoms with E-state index in [1.165, 1.54) is 0 Å². The van der Waals surface area contributed by atoms with Crippen LogP contribution in [-0.4, -0.2) is 44.4 Å². The predicted molar refractivity (Wildman–Crippen MR) is 15.1 cm³/mol. The molecule has 30 valence electrons. The first-order chi connectivity index (χ1) is 1.73. The molecule has 0 spiro atoms. The minimum atomic E-state index is -3.67. The molecule has 0 atom stereocenters. The van der Waals surface area contributed by atoms with Crippen LogP contribution in [0.2, 0.25) is 0 Å². The molecule has 0 aliphatic heterocycles. The molecule has 0 nitrogen and oxygen atoms in total. The Bertz CT molecular complexity index is 17.7. The minimum absolute atomic E-state index is 0. The molecule has 4 heteroatoms. The van der Waals surface area contributed by atoms with E-state index < -0.39 is 6.68 Å². The van der Waals surface area contributed by atoms with Gasteiger partial charge in [0, 0.05) is 0 Å². The standard InChI is InChI=1S/CHF3.Ca.2H/c2-1(3)4;;;/h1H;;;/q;+2;2*-1. The van der Waals surface area contributed by atoms with E-state index in [0.29, 0.717) is 0 Å². The van der Waals surface area contributed by atoms with E-state index in [1.807, 2.05) is 0 Å². The van der Waals surface area contributed by atoms with Crippen molar-refractivity contribution in [3.63, 3.8) is 0 Å². The summed E-state index contributed by atoms with van der Waals surface area (Å²) in [6.07, 6.45) is 0. The Morgan fingerprint density at radius 3 is 1.20 bits per heavy atom. The van der Waals surface area contributed by atoms with Gasteiger partial charge >= 0.3 is 44.4 Å². The van der Waals surface area contributed by atoms with Crippen LogP contribution >= 0.6 is 0 Å². The Kier molecular flexibility index (Phi) is 9.50. The molecule has 0 saturated heterocycles. The van der Waals surface area contributed by atoms with E-state index in [-0.39, 0.29) is 40.6 Å². The minimum Gasteiger partial charge on any atom is -1.00 e. The van der Waals surface area contributed by atoms with Crippen molar-refractivity contribution in [3.8, 4) is 0 Å². The Morgan fingerprint density at radius 2 is 1.20 bits per heavy atom. The van der Waals surface area contributed by atoms with Gasteiger partial charge < -0.3 is 2.85 Å². The number of rotatable bonds is 0. The Morgan fingerprint density at radius 1 is 1.20 bits per heavy atom. The number of alkyl halides is 3. The molecule has 0 aliphatic carbocycles. The summed E-state index contributed by atoms with van der Waals surface area (Å²) in [6.45, 7) is -3.67. The quantitative estimate of drug-likeness (QED) is 0.410. The molecule has 0 amide bonds. The average molecular weight is 112 g/mol. The largest absolute Gasteiger partial charge is 2.00 e. The summed E-state index contributed by atoms with van der Waals surface area (Å²) >= 11 is 0. The SMILES string of the molecule is FC(F)F.[Ca+2].[H-].[H-]. The van der Waals surface area contributed by atoms with E-state index in [9.17, 15) is 13.2 Å². The van der Waals surface area contributed by atoms with Crippen molar-refractivity contribution in [1.82, 2.24) is 0 Å². The summed E-state index contributed by atoms with van der Waals surface area (Å²) in [7, 11) is 0. The zero-order valence-corrected chi connectivity index (χ0v) is 4.63. The fourth-order valence-electron chi connectivity index (χ4n) is 0. The van der Waals surface area contributed by atoms with Gasteiger partial charge in [0.15, 0.2) is 0 Å². The molecule has 0 aromatic heterocycles. The molecule has 0 fully saturated rings. The maximum atomic E-state index is 9.67. The van der Waals surface area contributed by atoms with Gasteiger partial charge in [0.2, 0.25) is 0 Å². The maximum Gasteiger partial charge on any atom is 2.00 e. The molecule has 0 aromatic carbocycles. The van der Waals surface area contributed by atoms with E-state index in [0.717, 1.165) is 0 Å². The van der Waals surface area contributed by atoms with E-state index >= 15 is 0 Å². The van der Waals surface area contributed by atoms with Crippen LogP contribution in [0.4, 0.5) is 13.2 Å². The summed E-state index contributed by atoms with van der Waals surface area (Å²) in [5.74, 6) is 0. The monoisotopic (exact) mass is 112 g/mol. The molecule has 0 bridgehead atoms. The molecule has 5 heavy (non-hydrogen) atoms. The van der Waals surface area contributed by atoms with Gasteiger partial charge in [-0.3, -0.25) is 0 Å². The van der Waals surface area contributed by atoms with Gasteiger partial charge in [0.25, 0.3) is 0 Å². The van der Waals surface area contributed by atoms with Crippen LogP contribution in [0.25, 0.3) is 0 Å². The second-order valence-corrected chi connectivity index (χ2v) is 0.247. The van der Waals surface area contributed by atoms with Gasteiger partial charge in [-0.1, -0.05) is 0 Å². The zero-order valence-electron chi connectivity index (χ0n) is 4.42. The average Bonchev–Trinajstić information content (AvgIpc) is 0.811. The molecule has 0 unspecified atom stereocenters. The van der Waals surface area contributed by atoms with E-state index in [2.05, 4.69) is 0 Å². The second-order valence-electron chi connectivity index (χ2n) is 0.247. The normalized spacial score (nSPS) is 7.20. The number of hydrogen-bond donors (Lipinski definition) is 0. The smallest absolute Gasteiger partial charge is 1.00 e. The van der Waals surface area contributed by atoms with Crippen molar-refractivity contribution >= 4 is 37.7 Å². The van der Waals surface area contributed by atoms with Crippen molar-refractivity contribution in [2.24, 2.45) is 0 Å². The topological polar surface area (TPSA) is 0 Å². The molecule has 0 N–H and O–H groups in total. The van der Waals surface area contributed by atoms with Gasteiger partial charge in [-0.15, -0.1) is 0 Å². The molecule has 0 heterocycles. The number of halogens is 3. The fraction of sp³-hybridized carbons (Fsp3) is 1.00. The first kappa shape index (κ1) is 9.41. The molecule has 0 aliphatic rings. The van der Waals surface area contributed by atoms with Crippen LogP contribution in [0.15, 0.2) is 0 Å². The summed E-state index contributed by atoms with van der Waals surface area (Å²) < 4.78 is 29.0. The van der Waals surface area contributed by atoms with Crippen molar-refractivity contribution in [2.45, 2.75) is 6.68 Å². The molecule has 0 aromatic rings. The van der Waals surface area contributed by atoms with Gasteiger partial charge in [-0.2, -0.15) is 13.2 Å². The first-order valence-corrected chi connectivity index (χ1v) is 0.655. The van der Waals surface area contributed by atoms with Crippen LogP contribution in [0, 0.1) is 0 Å². The predicted octanol–water partition coefficient (Wildman–Crippen LogP) is 1.02. The number of hydrogen-bond acceptors (Lipinski definition) is 0. The summed E-state index contributed by atoms with van der Waals surface area (Å²) in [5.41, 5.74) is 0. The fourth-order valence-corrected chi connectivity index (χ4v) is 0. The van der Waals surface area contributed by atoms with Crippen molar-refractivity contribution in [1.29, 1.82) is 0 Å². The van der Waals surface area contributed by atoms with Gasteiger partial charge in [0.05, 0.1) is 0 Å². The first-order valence-electron chi connectivity index (χ1n) is 0.655. The third kappa shape index (κ3) is 42.6. The van der Waals surface area contributed by atoms with E-state index in [1.54, 1.807) is 0 Å². The summed E-state index contributed by atoms with van der Waals surface area (Å²) in [4.78, 5) is 0. The summed E-state index contributed by atoms with van der Waals surface area (Å²) in [5, 5.41) is 0. The van der Waals surface area contributed by atoms with Crippen LogP contribution in [0.5, 0.6) is 0 Å². The van der Waals surface area contributed by atoms with Gasteiger partial charge in [0.1, 0.15) is 0 Å². The van der Waals surface area contributed by atoms with Crippen LogP contribution in [-0.2, 0) is 0 Å². The van der Waals surface area contributed by atoms with Gasteiger partial charge in [-0.25, -0.2) is 0 Å². The van der Waals surface area contributed by atoms with Crippen LogP contribution in [0.3, 0.4) is 0 Å². The third-order valence-corrected chi connectivity index (χ3v) is 0. The Hall–Kier alpha value is 1.05. The maximum absolute atomic E-state index is 9.67. The summed E-state index contributed by atoms with van der Waals surface area (Å²) in [6, 6.07) is 0. The van der Waals surface area contributed by atoms with Crippen molar-refractivity contribution in [3.05, 3.63) is 0 Å².